The molecular weight excluding hydrogens is 270 g/mol. The minimum absolute atomic E-state index is 0.0346. The van der Waals surface area contributed by atoms with Crippen LogP contribution in [0, 0.1) is 0 Å². The number of fused-ring (bicyclic) bond motifs is 1. The minimum atomic E-state index is 0.0346. The Morgan fingerprint density at radius 3 is 2.18 bits per heavy atom. The lowest BCUT2D eigenvalue weighted by atomic mass is 9.87. The zero-order valence-electron chi connectivity index (χ0n) is 12.7. The van der Waals surface area contributed by atoms with Gasteiger partial charge in [-0.25, -0.2) is 0 Å². The predicted octanol–water partition coefficient (Wildman–Crippen LogP) is 3.88. The fraction of sp³-hybridized carbons (Fsp3) is 0.200. The summed E-state index contributed by atoms with van der Waals surface area (Å²) < 4.78 is 0. The van der Waals surface area contributed by atoms with Gasteiger partial charge in [-0.15, -0.1) is 0 Å². The van der Waals surface area contributed by atoms with E-state index >= 15 is 0 Å². The van der Waals surface area contributed by atoms with Crippen molar-refractivity contribution >= 4 is 10.8 Å². The smallest absolute Gasteiger partial charge is 0.0518 e. The Morgan fingerprint density at radius 2 is 1.50 bits per heavy atom. The summed E-state index contributed by atoms with van der Waals surface area (Å²) in [6.07, 6.45) is 0. The maximum absolute atomic E-state index is 9.92. The van der Waals surface area contributed by atoms with Gasteiger partial charge >= 0.3 is 0 Å². The average Bonchev–Trinajstić information content (AvgIpc) is 2.60. The van der Waals surface area contributed by atoms with Crippen LogP contribution in [0.15, 0.2) is 72.8 Å². The molecule has 0 saturated heterocycles. The first-order chi connectivity index (χ1) is 10.8. The number of hydrogen-bond acceptors (Lipinski definition) is 2. The van der Waals surface area contributed by atoms with Gasteiger partial charge < -0.3 is 10.4 Å². The highest BCUT2D eigenvalue weighted by molar-refractivity contribution is 5.83. The van der Waals surface area contributed by atoms with E-state index in [4.69, 9.17) is 0 Å². The van der Waals surface area contributed by atoms with Gasteiger partial charge in [-0.2, -0.15) is 0 Å². The maximum atomic E-state index is 9.92. The van der Waals surface area contributed by atoms with Crippen molar-refractivity contribution in [1.29, 1.82) is 0 Å². The Bertz CT molecular complexity index is 739. The molecule has 0 radical (unpaired) electrons. The molecule has 3 aromatic carbocycles. The lowest BCUT2D eigenvalue weighted by Gasteiger charge is -2.26. The molecule has 0 aliphatic carbocycles. The van der Waals surface area contributed by atoms with Crippen LogP contribution in [0.2, 0.25) is 0 Å². The van der Waals surface area contributed by atoms with E-state index in [1.54, 1.807) is 0 Å². The van der Waals surface area contributed by atoms with Crippen LogP contribution in [-0.4, -0.2) is 18.8 Å². The third kappa shape index (κ3) is 2.89. The second-order valence-electron chi connectivity index (χ2n) is 5.57. The molecule has 2 nitrogen and oxygen atoms in total. The molecule has 22 heavy (non-hydrogen) atoms. The van der Waals surface area contributed by atoms with Crippen molar-refractivity contribution in [2.75, 3.05) is 13.7 Å². The molecular formula is C20H21NO. The van der Waals surface area contributed by atoms with Crippen LogP contribution in [0.4, 0.5) is 0 Å². The Morgan fingerprint density at radius 1 is 0.818 bits per heavy atom. The van der Waals surface area contributed by atoms with E-state index in [0.717, 1.165) is 5.56 Å². The van der Waals surface area contributed by atoms with Crippen molar-refractivity contribution < 1.29 is 5.11 Å². The van der Waals surface area contributed by atoms with Crippen LogP contribution >= 0.6 is 0 Å². The topological polar surface area (TPSA) is 32.3 Å². The summed E-state index contributed by atoms with van der Waals surface area (Å²) in [5.41, 5.74) is 2.35. The third-order valence-corrected chi connectivity index (χ3v) is 4.27. The largest absolute Gasteiger partial charge is 0.396 e. The molecule has 3 aromatic rings. The van der Waals surface area contributed by atoms with Gasteiger partial charge in [0.15, 0.2) is 0 Å². The summed E-state index contributed by atoms with van der Waals surface area (Å²) in [6, 6.07) is 25.1. The first-order valence-electron chi connectivity index (χ1n) is 7.65. The molecule has 0 heterocycles. The highest BCUT2D eigenvalue weighted by Crippen LogP contribution is 2.31. The number of likely N-dealkylation sites (N-methyl/N-ethyl adjacent to an activating group) is 1. The summed E-state index contributed by atoms with van der Waals surface area (Å²) in [6.45, 7) is 0.113. The quantitative estimate of drug-likeness (QED) is 0.748. The van der Waals surface area contributed by atoms with Crippen molar-refractivity contribution in [3.8, 4) is 0 Å². The van der Waals surface area contributed by atoms with Crippen molar-refractivity contribution in [2.24, 2.45) is 0 Å². The number of aliphatic hydroxyl groups excluding tert-OH is 1. The maximum Gasteiger partial charge on any atom is 0.0518 e. The first kappa shape index (κ1) is 14.8. The number of rotatable bonds is 5. The SMILES string of the molecule is CNC(c1ccc2ccccc2c1)C(CO)c1ccccc1. The molecule has 0 fully saturated rings. The third-order valence-electron chi connectivity index (χ3n) is 4.27. The van der Waals surface area contributed by atoms with E-state index in [1.807, 2.05) is 25.2 Å². The lowest BCUT2D eigenvalue weighted by molar-refractivity contribution is 0.239. The number of nitrogens with one attached hydrogen (secondary N) is 1. The van der Waals surface area contributed by atoms with Gasteiger partial charge in [0.25, 0.3) is 0 Å². The van der Waals surface area contributed by atoms with E-state index in [2.05, 4.69) is 59.9 Å². The van der Waals surface area contributed by atoms with E-state index in [9.17, 15) is 5.11 Å². The van der Waals surface area contributed by atoms with Gasteiger partial charge in [-0.1, -0.05) is 66.7 Å². The number of benzene rings is 3. The van der Waals surface area contributed by atoms with Crippen LogP contribution in [-0.2, 0) is 0 Å². The molecule has 0 spiro atoms. The first-order valence-corrected chi connectivity index (χ1v) is 7.65. The summed E-state index contributed by atoms with van der Waals surface area (Å²) in [5.74, 6) is 0.0346. The molecule has 2 N–H and O–H groups in total. The highest BCUT2D eigenvalue weighted by atomic mass is 16.3. The second kappa shape index (κ2) is 6.73. The normalized spacial score (nSPS) is 13.9. The molecule has 3 rings (SSSR count). The van der Waals surface area contributed by atoms with Crippen molar-refractivity contribution in [3.63, 3.8) is 0 Å². The van der Waals surface area contributed by atoms with Gasteiger partial charge in [0.2, 0.25) is 0 Å². The van der Waals surface area contributed by atoms with E-state index in [1.165, 1.54) is 16.3 Å². The molecule has 0 bridgehead atoms. The average molecular weight is 291 g/mol. The van der Waals surface area contributed by atoms with Gasteiger partial charge in [-0.05, 0) is 35.0 Å². The predicted molar refractivity (Wildman–Crippen MR) is 92.0 cm³/mol. The highest BCUT2D eigenvalue weighted by Gasteiger charge is 2.22. The molecule has 2 unspecified atom stereocenters. The van der Waals surface area contributed by atoms with Crippen molar-refractivity contribution in [2.45, 2.75) is 12.0 Å². The molecule has 112 valence electrons. The van der Waals surface area contributed by atoms with E-state index in [0.29, 0.717) is 0 Å². The number of aliphatic hydroxyl groups is 1. The van der Waals surface area contributed by atoms with Crippen LogP contribution in [0.3, 0.4) is 0 Å². The molecule has 0 aromatic heterocycles. The zero-order chi connectivity index (χ0) is 15.4. The summed E-state index contributed by atoms with van der Waals surface area (Å²) in [7, 11) is 1.95. The zero-order valence-corrected chi connectivity index (χ0v) is 12.7. The van der Waals surface area contributed by atoms with Gasteiger partial charge in [0.1, 0.15) is 0 Å². The lowest BCUT2D eigenvalue weighted by Crippen LogP contribution is -2.26. The Labute approximate surface area is 131 Å². The van der Waals surface area contributed by atoms with Gasteiger partial charge in [0, 0.05) is 12.0 Å². The Balaban J connectivity index is 2.00. The van der Waals surface area contributed by atoms with Crippen LogP contribution in [0.25, 0.3) is 10.8 Å². The summed E-state index contributed by atoms with van der Waals surface area (Å²) >= 11 is 0. The summed E-state index contributed by atoms with van der Waals surface area (Å²) in [5, 5.41) is 15.8. The Hall–Kier alpha value is -2.16. The Kier molecular flexibility index (Phi) is 4.52. The van der Waals surface area contributed by atoms with E-state index in [-0.39, 0.29) is 18.6 Å². The molecule has 2 atom stereocenters. The van der Waals surface area contributed by atoms with Crippen LogP contribution in [0.5, 0.6) is 0 Å². The van der Waals surface area contributed by atoms with Gasteiger partial charge in [0.05, 0.1) is 6.61 Å². The van der Waals surface area contributed by atoms with Crippen LogP contribution in [0.1, 0.15) is 23.1 Å². The molecule has 0 aliphatic rings. The monoisotopic (exact) mass is 291 g/mol. The van der Waals surface area contributed by atoms with Crippen molar-refractivity contribution in [1.82, 2.24) is 5.32 Å². The fourth-order valence-corrected chi connectivity index (χ4v) is 3.10. The second-order valence-corrected chi connectivity index (χ2v) is 5.57. The van der Waals surface area contributed by atoms with Gasteiger partial charge in [-0.3, -0.25) is 0 Å². The van der Waals surface area contributed by atoms with Crippen LogP contribution < -0.4 is 5.32 Å². The van der Waals surface area contributed by atoms with Crippen molar-refractivity contribution in [3.05, 3.63) is 83.9 Å². The molecule has 0 amide bonds. The number of hydrogen-bond donors (Lipinski definition) is 2. The molecule has 2 heteroatoms. The van der Waals surface area contributed by atoms with E-state index < -0.39 is 0 Å². The molecule has 0 aliphatic heterocycles. The standard InChI is InChI=1S/C20H21NO/c1-21-20(19(14-22)16-8-3-2-4-9-16)18-12-11-15-7-5-6-10-17(15)13-18/h2-13,19-22H,14H2,1H3. The molecule has 0 saturated carbocycles. The summed E-state index contributed by atoms with van der Waals surface area (Å²) in [4.78, 5) is 0. The fourth-order valence-electron chi connectivity index (χ4n) is 3.10. The minimum Gasteiger partial charge on any atom is -0.396 e.